The zero-order chi connectivity index (χ0) is 12.4. The number of benzene rings is 1. The molecule has 1 amide bonds. The summed E-state index contributed by atoms with van der Waals surface area (Å²) in [7, 11) is 0. The van der Waals surface area contributed by atoms with Crippen LogP contribution in [0.3, 0.4) is 0 Å². The molecule has 18 heavy (non-hydrogen) atoms. The van der Waals surface area contributed by atoms with E-state index in [-0.39, 0.29) is 30.3 Å². The second-order valence-electron chi connectivity index (χ2n) is 4.58. The highest BCUT2D eigenvalue weighted by Crippen LogP contribution is 2.32. The first-order valence-electron chi connectivity index (χ1n) is 5.90. The number of carbonyl (C=O) groups is 1. The fourth-order valence-corrected chi connectivity index (χ4v) is 2.35. The number of rotatable bonds is 3. The molecule has 3 nitrogen and oxygen atoms in total. The molecule has 5 heteroatoms. The number of carbonyl (C=O) groups excluding carboxylic acids is 1. The van der Waals surface area contributed by atoms with Crippen molar-refractivity contribution in [2.75, 3.05) is 6.54 Å². The van der Waals surface area contributed by atoms with Crippen LogP contribution >= 0.6 is 24.0 Å². The minimum Gasteiger partial charge on any atom is -0.349 e. The monoisotopic (exact) mass is 288 g/mol. The van der Waals surface area contributed by atoms with Crippen LogP contribution in [0.5, 0.6) is 0 Å². The predicted octanol–water partition coefficient (Wildman–Crippen LogP) is 2.46. The molecule has 0 saturated heterocycles. The number of hydrogen-bond acceptors (Lipinski definition) is 2. The van der Waals surface area contributed by atoms with Crippen LogP contribution in [-0.4, -0.2) is 12.5 Å². The van der Waals surface area contributed by atoms with Gasteiger partial charge in [-0.05, 0) is 36.1 Å². The summed E-state index contributed by atoms with van der Waals surface area (Å²) >= 11 is 5.95. The third-order valence-electron chi connectivity index (χ3n) is 3.30. The summed E-state index contributed by atoms with van der Waals surface area (Å²) in [5.74, 6) is -0.105. The molecule has 0 bridgehead atoms. The molecule has 1 aromatic rings. The Hall–Kier alpha value is -0.770. The molecule has 3 N–H and O–H groups in total. The van der Waals surface area contributed by atoms with Crippen molar-refractivity contribution in [2.45, 2.75) is 25.8 Å². The Morgan fingerprint density at radius 3 is 3.00 bits per heavy atom. The Bertz CT molecular complexity index is 437. The lowest BCUT2D eigenvalue weighted by Crippen LogP contribution is -2.35. The van der Waals surface area contributed by atoms with Gasteiger partial charge < -0.3 is 11.1 Å². The molecule has 2 atom stereocenters. The van der Waals surface area contributed by atoms with Crippen LogP contribution in [0.2, 0.25) is 5.02 Å². The molecule has 0 fully saturated rings. The van der Waals surface area contributed by atoms with Gasteiger partial charge in [0.25, 0.3) is 0 Å². The fraction of sp³-hybridized carbons (Fsp3) is 0.462. The van der Waals surface area contributed by atoms with E-state index < -0.39 is 0 Å². The molecule has 2 rings (SSSR count). The number of nitrogens with one attached hydrogen (secondary N) is 1. The molecule has 0 radical (unpaired) electrons. The van der Waals surface area contributed by atoms with Crippen molar-refractivity contribution in [1.82, 2.24) is 5.32 Å². The van der Waals surface area contributed by atoms with Crippen molar-refractivity contribution in [3.63, 3.8) is 0 Å². The van der Waals surface area contributed by atoms with Gasteiger partial charge in [0.05, 0.1) is 6.04 Å². The number of amides is 1. The molecule has 0 aliphatic heterocycles. The molecule has 0 saturated carbocycles. The Balaban J connectivity index is 0.00000162. The highest BCUT2D eigenvalue weighted by atomic mass is 35.5. The van der Waals surface area contributed by atoms with Crippen LogP contribution in [0.1, 0.15) is 30.5 Å². The summed E-state index contributed by atoms with van der Waals surface area (Å²) in [5.41, 5.74) is 7.91. The van der Waals surface area contributed by atoms with Crippen LogP contribution in [0.4, 0.5) is 0 Å². The number of nitrogens with two attached hydrogens (primary N) is 1. The third kappa shape index (κ3) is 3.16. The average molecular weight is 289 g/mol. The van der Waals surface area contributed by atoms with E-state index >= 15 is 0 Å². The highest BCUT2D eigenvalue weighted by Gasteiger charge is 2.25. The van der Waals surface area contributed by atoms with Gasteiger partial charge in [-0.15, -0.1) is 12.4 Å². The van der Waals surface area contributed by atoms with Crippen LogP contribution < -0.4 is 11.1 Å². The average Bonchev–Trinajstić information content (AvgIpc) is 2.70. The second kappa shape index (κ2) is 6.41. The van der Waals surface area contributed by atoms with Gasteiger partial charge in [0.1, 0.15) is 0 Å². The number of aryl methyl sites for hydroxylation is 1. The van der Waals surface area contributed by atoms with Crippen molar-refractivity contribution in [1.29, 1.82) is 0 Å². The second-order valence-corrected chi connectivity index (χ2v) is 5.02. The minimum atomic E-state index is -0.133. The number of hydrogen-bond donors (Lipinski definition) is 2. The van der Waals surface area contributed by atoms with Crippen LogP contribution in [0.25, 0.3) is 0 Å². The van der Waals surface area contributed by atoms with E-state index in [4.69, 9.17) is 17.3 Å². The van der Waals surface area contributed by atoms with Crippen molar-refractivity contribution in [2.24, 2.45) is 11.7 Å². The standard InChI is InChI=1S/C13H17ClN2O.ClH/c1-8(7-15)13(17)16-12-5-2-9-6-10(14)3-4-11(9)12;/h3-4,6,8,12H,2,5,7,15H2,1H3,(H,16,17);1H. The maximum atomic E-state index is 11.8. The summed E-state index contributed by atoms with van der Waals surface area (Å²) in [6.07, 6.45) is 1.91. The molecular weight excluding hydrogens is 271 g/mol. The first kappa shape index (κ1) is 15.3. The normalized spacial score (nSPS) is 18.7. The van der Waals surface area contributed by atoms with Crippen LogP contribution in [-0.2, 0) is 11.2 Å². The zero-order valence-electron chi connectivity index (χ0n) is 10.3. The first-order chi connectivity index (χ1) is 8.11. The lowest BCUT2D eigenvalue weighted by atomic mass is 10.1. The van der Waals surface area contributed by atoms with Gasteiger partial charge in [-0.25, -0.2) is 0 Å². The van der Waals surface area contributed by atoms with Gasteiger partial charge in [0.15, 0.2) is 0 Å². The summed E-state index contributed by atoms with van der Waals surface area (Å²) in [5, 5.41) is 3.80. The number of fused-ring (bicyclic) bond motifs is 1. The van der Waals surface area contributed by atoms with Gasteiger partial charge >= 0.3 is 0 Å². The summed E-state index contributed by atoms with van der Waals surface area (Å²) in [6.45, 7) is 2.22. The maximum absolute atomic E-state index is 11.8. The highest BCUT2D eigenvalue weighted by molar-refractivity contribution is 6.30. The van der Waals surface area contributed by atoms with Gasteiger partial charge in [-0.3, -0.25) is 4.79 Å². The van der Waals surface area contributed by atoms with Crippen LogP contribution in [0, 0.1) is 5.92 Å². The quantitative estimate of drug-likeness (QED) is 0.898. The van der Waals surface area contributed by atoms with E-state index in [0.29, 0.717) is 6.54 Å². The molecule has 1 aromatic carbocycles. The summed E-state index contributed by atoms with van der Waals surface area (Å²) in [4.78, 5) is 11.8. The van der Waals surface area contributed by atoms with Crippen molar-refractivity contribution in [3.05, 3.63) is 34.3 Å². The van der Waals surface area contributed by atoms with Gasteiger partial charge in [-0.1, -0.05) is 24.6 Å². The van der Waals surface area contributed by atoms with Gasteiger partial charge in [0.2, 0.25) is 5.91 Å². The maximum Gasteiger partial charge on any atom is 0.224 e. The van der Waals surface area contributed by atoms with E-state index in [1.165, 1.54) is 11.1 Å². The smallest absolute Gasteiger partial charge is 0.224 e. The SMILES string of the molecule is CC(CN)C(=O)NC1CCc2cc(Cl)ccc21.Cl. The molecule has 100 valence electrons. The van der Waals surface area contributed by atoms with E-state index in [1.54, 1.807) is 0 Å². The van der Waals surface area contributed by atoms with Crippen LogP contribution in [0.15, 0.2) is 18.2 Å². The van der Waals surface area contributed by atoms with Crippen molar-refractivity contribution >= 4 is 29.9 Å². The molecule has 0 spiro atoms. The Morgan fingerprint density at radius 1 is 1.61 bits per heavy atom. The lowest BCUT2D eigenvalue weighted by molar-refractivity contribution is -0.124. The predicted molar refractivity (Wildman–Crippen MR) is 76.1 cm³/mol. The molecule has 1 aliphatic carbocycles. The molecule has 2 unspecified atom stereocenters. The molecular formula is C13H18Cl2N2O. The zero-order valence-corrected chi connectivity index (χ0v) is 11.9. The third-order valence-corrected chi connectivity index (χ3v) is 3.54. The minimum absolute atomic E-state index is 0. The van der Waals surface area contributed by atoms with Crippen molar-refractivity contribution < 1.29 is 4.79 Å². The molecule has 0 heterocycles. The van der Waals surface area contributed by atoms with Gasteiger partial charge in [0, 0.05) is 17.5 Å². The molecule has 0 aromatic heterocycles. The largest absolute Gasteiger partial charge is 0.349 e. The van der Waals surface area contributed by atoms with E-state index in [0.717, 1.165) is 17.9 Å². The first-order valence-corrected chi connectivity index (χ1v) is 6.28. The topological polar surface area (TPSA) is 55.1 Å². The van der Waals surface area contributed by atoms with E-state index in [1.807, 2.05) is 25.1 Å². The number of halogens is 2. The fourth-order valence-electron chi connectivity index (χ4n) is 2.16. The van der Waals surface area contributed by atoms with E-state index in [2.05, 4.69) is 5.32 Å². The molecule has 1 aliphatic rings. The Morgan fingerprint density at radius 2 is 2.33 bits per heavy atom. The lowest BCUT2D eigenvalue weighted by Gasteiger charge is -2.17. The van der Waals surface area contributed by atoms with Gasteiger partial charge in [-0.2, -0.15) is 0 Å². The summed E-state index contributed by atoms with van der Waals surface area (Å²) < 4.78 is 0. The van der Waals surface area contributed by atoms with Crippen molar-refractivity contribution in [3.8, 4) is 0 Å². The summed E-state index contributed by atoms with van der Waals surface area (Å²) in [6, 6.07) is 5.97. The Kier molecular flexibility index (Phi) is 5.45. The Labute approximate surface area is 118 Å². The van der Waals surface area contributed by atoms with E-state index in [9.17, 15) is 4.79 Å².